The average molecular weight is 678 g/mol. The number of halogens is 3. The molecule has 0 fully saturated rings. The van der Waals surface area contributed by atoms with Crippen molar-refractivity contribution in [2.45, 2.75) is 90.4 Å². The number of benzene rings is 2. The molecular weight excluding hydrogens is 639 g/mol. The zero-order valence-corrected chi connectivity index (χ0v) is 28.2. The van der Waals surface area contributed by atoms with Gasteiger partial charge in [-0.15, -0.1) is 0 Å². The summed E-state index contributed by atoms with van der Waals surface area (Å²) in [6.07, 6.45) is 1.22. The number of carbonyl (C=O) groups excluding carboxylic acids is 4. The number of carbonyl (C=O) groups is 4. The van der Waals surface area contributed by atoms with Crippen LogP contribution in [0.3, 0.4) is 0 Å². The van der Waals surface area contributed by atoms with E-state index in [1.54, 1.807) is 60.6 Å². The molecule has 11 heteroatoms. The fraction of sp³-hybridized carbons (Fsp3) is 0.467. The van der Waals surface area contributed by atoms with Crippen LogP contribution in [0.5, 0.6) is 11.5 Å². The molecule has 0 aromatic heterocycles. The zero-order valence-electron chi connectivity index (χ0n) is 25.1. The highest BCUT2D eigenvalue weighted by molar-refractivity contribution is 9.10. The molecule has 2 rings (SSSR count). The Morgan fingerprint density at radius 3 is 1.51 bits per heavy atom. The van der Waals surface area contributed by atoms with Crippen molar-refractivity contribution in [3.63, 3.8) is 0 Å². The summed E-state index contributed by atoms with van der Waals surface area (Å²) in [5.74, 6) is -0.572. The number of hydrogen-bond acceptors (Lipinski definition) is 8. The van der Waals surface area contributed by atoms with E-state index in [1.807, 2.05) is 20.8 Å². The van der Waals surface area contributed by atoms with Crippen LogP contribution in [0.1, 0.15) is 90.0 Å². The first-order chi connectivity index (χ1) is 18.4. The second-order valence-electron chi connectivity index (χ2n) is 11.7. The number of rotatable bonds is 6. The van der Waals surface area contributed by atoms with Gasteiger partial charge >= 0.3 is 11.9 Å². The number of aldehydes is 2. The lowest BCUT2D eigenvalue weighted by Gasteiger charge is -2.29. The van der Waals surface area contributed by atoms with Crippen molar-refractivity contribution in [3.05, 3.63) is 57.6 Å². The molecule has 8 nitrogen and oxygen atoms in total. The Bertz CT molecular complexity index is 1210. The number of alkyl halides is 1. The van der Waals surface area contributed by atoms with Crippen molar-refractivity contribution in [1.29, 1.82) is 0 Å². The number of ether oxygens (including phenoxy) is 3. The van der Waals surface area contributed by atoms with Gasteiger partial charge in [0.2, 0.25) is 0 Å². The number of esters is 2. The van der Waals surface area contributed by atoms with Crippen molar-refractivity contribution >= 4 is 63.6 Å². The number of aromatic hydroxyl groups is 1. The molecule has 0 amide bonds. The third-order valence-corrected chi connectivity index (χ3v) is 5.16. The van der Waals surface area contributed by atoms with E-state index in [9.17, 15) is 19.2 Å². The molecule has 0 aliphatic heterocycles. The maximum atomic E-state index is 12.1. The van der Waals surface area contributed by atoms with E-state index < -0.39 is 27.1 Å². The molecule has 2 aromatic carbocycles. The molecule has 0 heterocycles. The fourth-order valence-corrected chi connectivity index (χ4v) is 2.84. The number of hydrogen-bond donors (Lipinski definition) is 1. The Hall–Kier alpha value is -2.62. The molecular formula is C30H39BrCl2O8. The lowest BCUT2D eigenvalue weighted by molar-refractivity contribution is -0.171. The van der Waals surface area contributed by atoms with Crippen LogP contribution in [0.2, 0.25) is 10.0 Å². The van der Waals surface area contributed by atoms with E-state index in [1.165, 1.54) is 24.3 Å². The summed E-state index contributed by atoms with van der Waals surface area (Å²) in [7, 11) is 0. The minimum Gasteiger partial charge on any atom is -0.507 e. The van der Waals surface area contributed by atoms with Crippen LogP contribution in [0.15, 0.2) is 36.4 Å². The van der Waals surface area contributed by atoms with E-state index in [-0.39, 0.29) is 23.0 Å². The van der Waals surface area contributed by atoms with Crippen LogP contribution in [-0.2, 0) is 19.1 Å². The summed E-state index contributed by atoms with van der Waals surface area (Å²) >= 11 is 14.6. The van der Waals surface area contributed by atoms with Crippen LogP contribution in [0.25, 0.3) is 0 Å². The first kappa shape index (κ1) is 38.4. The first-order valence-corrected chi connectivity index (χ1v) is 14.0. The second kappa shape index (κ2) is 15.6. The quantitative estimate of drug-likeness (QED) is 0.186. The van der Waals surface area contributed by atoms with Gasteiger partial charge in [-0.05, 0) is 106 Å². The Kier molecular flexibility index (Phi) is 14.6. The van der Waals surface area contributed by atoms with Gasteiger partial charge in [0.1, 0.15) is 27.0 Å². The van der Waals surface area contributed by atoms with Crippen molar-refractivity contribution in [1.82, 2.24) is 0 Å². The largest absolute Gasteiger partial charge is 0.507 e. The summed E-state index contributed by atoms with van der Waals surface area (Å²) in [5.41, 5.74) is -1.66. The molecule has 0 saturated heterocycles. The van der Waals surface area contributed by atoms with Gasteiger partial charge in [-0.2, -0.15) is 0 Å². The Labute approximate surface area is 260 Å². The van der Waals surface area contributed by atoms with E-state index in [0.717, 1.165) is 0 Å². The van der Waals surface area contributed by atoms with Gasteiger partial charge in [0, 0.05) is 10.0 Å². The average Bonchev–Trinajstić information content (AvgIpc) is 2.77. The monoisotopic (exact) mass is 676 g/mol. The zero-order chi connectivity index (χ0) is 32.4. The highest BCUT2D eigenvalue weighted by Gasteiger charge is 2.35. The fourth-order valence-electron chi connectivity index (χ4n) is 2.43. The Balaban J connectivity index is 0.000000643. The van der Waals surface area contributed by atoms with Gasteiger partial charge in [-0.1, -0.05) is 39.1 Å². The smallest absolute Gasteiger partial charge is 0.350 e. The van der Waals surface area contributed by atoms with Gasteiger partial charge in [0.05, 0.1) is 11.1 Å². The summed E-state index contributed by atoms with van der Waals surface area (Å²) < 4.78 is 15.4. The molecule has 1 N–H and O–H groups in total. The summed E-state index contributed by atoms with van der Waals surface area (Å²) in [4.78, 5) is 44.4. The normalized spacial score (nSPS) is 11.5. The topological polar surface area (TPSA) is 116 Å². The summed E-state index contributed by atoms with van der Waals surface area (Å²) in [6.45, 7) is 17.6. The third kappa shape index (κ3) is 15.8. The molecule has 0 radical (unpaired) electrons. The summed E-state index contributed by atoms with van der Waals surface area (Å²) in [5, 5.41) is 9.82. The van der Waals surface area contributed by atoms with Crippen LogP contribution < -0.4 is 4.74 Å². The number of phenols is 1. The maximum absolute atomic E-state index is 12.1. The highest BCUT2D eigenvalue weighted by Crippen LogP contribution is 2.27. The van der Waals surface area contributed by atoms with Crippen LogP contribution in [0, 0.1) is 0 Å². The molecule has 0 bridgehead atoms. The molecule has 0 aliphatic rings. The first-order valence-electron chi connectivity index (χ1n) is 12.4. The van der Waals surface area contributed by atoms with Crippen molar-refractivity contribution in [2.75, 3.05) is 0 Å². The second-order valence-corrected chi connectivity index (χ2v) is 14.6. The van der Waals surface area contributed by atoms with Gasteiger partial charge in [0.15, 0.2) is 18.2 Å². The van der Waals surface area contributed by atoms with E-state index in [4.69, 9.17) is 42.5 Å². The minimum atomic E-state index is -1.23. The van der Waals surface area contributed by atoms with Crippen LogP contribution in [0.4, 0.5) is 0 Å². The van der Waals surface area contributed by atoms with E-state index >= 15 is 0 Å². The Morgan fingerprint density at radius 2 is 1.15 bits per heavy atom. The summed E-state index contributed by atoms with van der Waals surface area (Å²) in [6, 6.07) is 8.95. The van der Waals surface area contributed by atoms with Crippen molar-refractivity contribution in [2.24, 2.45) is 0 Å². The van der Waals surface area contributed by atoms with Crippen molar-refractivity contribution in [3.8, 4) is 11.5 Å². The molecule has 0 aliphatic carbocycles. The van der Waals surface area contributed by atoms with Crippen LogP contribution >= 0.6 is 39.1 Å². The van der Waals surface area contributed by atoms with Gasteiger partial charge < -0.3 is 19.3 Å². The molecule has 0 unspecified atom stereocenters. The molecule has 41 heavy (non-hydrogen) atoms. The molecule has 0 atom stereocenters. The standard InChI is InChI=1S/C15H19ClO4.C8H15BrO2.C7H5ClO2/c1-14(2,3)20-13(18)15(4,5)19-12-8-11(16)7-6-10(12)9-17;1-7(2,3)11-6(10)8(4,5)9;8-6-2-1-5(4-9)7(10)3-6/h6-9H,1-5H3;1-5H3;1-4,10H. The highest BCUT2D eigenvalue weighted by atomic mass is 79.9. The molecule has 228 valence electrons. The SMILES string of the molecule is CC(C)(C)OC(=O)C(C)(C)Br.CC(C)(C)OC(=O)C(C)(C)Oc1cc(Cl)ccc1C=O.O=Cc1ccc(Cl)cc1O. The minimum absolute atomic E-state index is 0.0810. The molecule has 0 spiro atoms. The molecule has 2 aromatic rings. The Morgan fingerprint density at radius 1 is 0.732 bits per heavy atom. The van der Waals surface area contributed by atoms with Gasteiger partial charge in [-0.3, -0.25) is 14.4 Å². The molecule has 0 saturated carbocycles. The van der Waals surface area contributed by atoms with E-state index in [0.29, 0.717) is 28.2 Å². The van der Waals surface area contributed by atoms with Crippen LogP contribution in [-0.4, -0.2) is 50.7 Å². The van der Waals surface area contributed by atoms with Gasteiger partial charge in [-0.25, -0.2) is 4.79 Å². The predicted molar refractivity (Wildman–Crippen MR) is 165 cm³/mol. The third-order valence-electron chi connectivity index (χ3n) is 4.36. The lowest BCUT2D eigenvalue weighted by Crippen LogP contribution is -2.43. The lowest BCUT2D eigenvalue weighted by atomic mass is 10.1. The van der Waals surface area contributed by atoms with Gasteiger partial charge in [0.25, 0.3) is 0 Å². The van der Waals surface area contributed by atoms with E-state index in [2.05, 4.69) is 15.9 Å². The predicted octanol–water partition coefficient (Wildman–Crippen LogP) is 8.01. The number of phenolic OH excluding ortho intramolecular Hbond substituents is 1. The van der Waals surface area contributed by atoms with Crippen molar-refractivity contribution < 1.29 is 38.5 Å². The maximum Gasteiger partial charge on any atom is 0.350 e.